The van der Waals surface area contributed by atoms with Crippen molar-refractivity contribution in [1.29, 1.82) is 0 Å². The lowest BCUT2D eigenvalue weighted by atomic mass is 10.1. The summed E-state index contributed by atoms with van der Waals surface area (Å²) in [6, 6.07) is 11.0. The molecule has 0 fully saturated rings. The second kappa shape index (κ2) is 15.1. The highest BCUT2D eigenvalue weighted by Crippen LogP contribution is 2.37. The van der Waals surface area contributed by atoms with Crippen LogP contribution >= 0.6 is 44.2 Å². The Kier molecular flexibility index (Phi) is 12.5. The highest BCUT2D eigenvalue weighted by molar-refractivity contribution is 14.1. The van der Waals surface area contributed by atoms with Gasteiger partial charge < -0.3 is 5.32 Å². The molecule has 0 aliphatic carbocycles. The molecule has 0 bridgehead atoms. The fourth-order valence-corrected chi connectivity index (χ4v) is 5.37. The molecule has 7 nitrogen and oxygen atoms in total. The van der Waals surface area contributed by atoms with Gasteiger partial charge in [-0.25, -0.2) is 0 Å². The number of alkyl halides is 1. The number of nitrogens with one attached hydrogen (secondary N) is 3. The quantitative estimate of drug-likeness (QED) is 0.115. The molecule has 0 aliphatic rings. The minimum atomic E-state index is -0.381. The molecule has 32 heavy (non-hydrogen) atoms. The Morgan fingerprint density at radius 2 is 1.81 bits per heavy atom. The number of pyridine rings is 1. The van der Waals surface area contributed by atoms with Gasteiger partial charge in [-0.05, 0) is 36.6 Å². The van der Waals surface area contributed by atoms with Crippen LogP contribution in [0.25, 0.3) is 0 Å². The van der Waals surface area contributed by atoms with Crippen LogP contribution in [-0.4, -0.2) is 38.9 Å². The van der Waals surface area contributed by atoms with Gasteiger partial charge in [0.1, 0.15) is 0 Å². The van der Waals surface area contributed by atoms with Gasteiger partial charge in [-0.15, -0.1) is 0 Å². The predicted octanol–water partition coefficient (Wildman–Crippen LogP) is 3.94. The number of benzene rings is 1. The molecule has 1 aromatic carbocycles. The van der Waals surface area contributed by atoms with Crippen molar-refractivity contribution in [3.05, 3.63) is 59.9 Å². The van der Waals surface area contributed by atoms with Crippen molar-refractivity contribution >= 4 is 61.9 Å². The largest absolute Gasteiger partial charge is 0.356 e. The molecule has 3 N–H and O–H groups in total. The average molecular weight is 587 g/mol. The summed E-state index contributed by atoms with van der Waals surface area (Å²) in [6.07, 6.45) is 5.32. The van der Waals surface area contributed by atoms with Gasteiger partial charge in [0.25, 0.3) is 5.91 Å². The van der Waals surface area contributed by atoms with Gasteiger partial charge in [0.2, 0.25) is 11.8 Å². The third-order valence-electron chi connectivity index (χ3n) is 4.29. The Balaban J connectivity index is 1.71. The van der Waals surface area contributed by atoms with Crippen LogP contribution in [0, 0.1) is 0 Å². The van der Waals surface area contributed by atoms with Gasteiger partial charge in [-0.2, -0.15) is 0 Å². The van der Waals surface area contributed by atoms with Crippen molar-refractivity contribution in [1.82, 2.24) is 21.2 Å². The average Bonchev–Trinajstić information content (AvgIpc) is 2.81. The van der Waals surface area contributed by atoms with Crippen molar-refractivity contribution in [2.75, 3.05) is 11.0 Å². The Morgan fingerprint density at radius 3 is 2.56 bits per heavy atom. The lowest BCUT2D eigenvalue weighted by Gasteiger charge is -2.13. The SMILES string of the molecule is CC(CCC(=O)NNC(=O)c1ccncc1)SSc1ccccc1CC(=O)NCCCI. The smallest absolute Gasteiger partial charge is 0.269 e. The third kappa shape index (κ3) is 10.2. The zero-order valence-electron chi connectivity index (χ0n) is 17.8. The van der Waals surface area contributed by atoms with E-state index in [0.29, 0.717) is 31.4 Å². The molecule has 2 rings (SSSR count). The van der Waals surface area contributed by atoms with E-state index in [9.17, 15) is 14.4 Å². The number of halogens is 1. The van der Waals surface area contributed by atoms with Crippen LogP contribution in [0.15, 0.2) is 53.7 Å². The molecule has 3 amide bonds. The van der Waals surface area contributed by atoms with Crippen molar-refractivity contribution in [3.63, 3.8) is 0 Å². The molecular weight excluding hydrogens is 559 g/mol. The number of aromatic nitrogens is 1. The molecule has 0 spiro atoms. The number of hydrogen-bond donors (Lipinski definition) is 3. The van der Waals surface area contributed by atoms with E-state index in [1.54, 1.807) is 33.7 Å². The van der Waals surface area contributed by atoms with Gasteiger partial charge in [0.05, 0.1) is 6.42 Å². The molecule has 0 aliphatic heterocycles. The number of hydrazine groups is 1. The summed E-state index contributed by atoms with van der Waals surface area (Å²) in [4.78, 5) is 41.0. The molecule has 0 saturated carbocycles. The number of hydrogen-bond acceptors (Lipinski definition) is 6. The number of rotatable bonds is 12. The molecule has 0 saturated heterocycles. The highest BCUT2D eigenvalue weighted by Gasteiger charge is 2.13. The van der Waals surface area contributed by atoms with Crippen LogP contribution in [-0.2, 0) is 16.0 Å². The first-order valence-electron chi connectivity index (χ1n) is 10.2. The summed E-state index contributed by atoms with van der Waals surface area (Å²) in [5.74, 6) is -0.589. The van der Waals surface area contributed by atoms with Gasteiger partial charge in [-0.1, -0.05) is 69.3 Å². The van der Waals surface area contributed by atoms with Crippen LogP contribution < -0.4 is 16.2 Å². The van der Waals surface area contributed by atoms with Gasteiger partial charge in [0.15, 0.2) is 0 Å². The van der Waals surface area contributed by atoms with E-state index in [-0.39, 0.29) is 23.0 Å². The number of carbonyl (C=O) groups excluding carboxylic acids is 3. The molecule has 0 radical (unpaired) electrons. The highest BCUT2D eigenvalue weighted by atomic mass is 127. The fourth-order valence-electron chi connectivity index (χ4n) is 2.54. The van der Waals surface area contributed by atoms with Crippen molar-refractivity contribution in [2.45, 2.75) is 42.8 Å². The van der Waals surface area contributed by atoms with E-state index in [0.717, 1.165) is 21.3 Å². The Bertz CT molecular complexity index is 886. The van der Waals surface area contributed by atoms with E-state index in [2.05, 4.69) is 50.7 Å². The van der Waals surface area contributed by atoms with Crippen LogP contribution in [0.1, 0.15) is 42.1 Å². The van der Waals surface area contributed by atoms with Crippen molar-refractivity contribution < 1.29 is 14.4 Å². The van der Waals surface area contributed by atoms with E-state index in [1.165, 1.54) is 12.4 Å². The normalized spacial score (nSPS) is 11.4. The summed E-state index contributed by atoms with van der Waals surface area (Å²) >= 11 is 2.30. The van der Waals surface area contributed by atoms with E-state index in [1.807, 2.05) is 24.3 Å². The van der Waals surface area contributed by atoms with Crippen molar-refractivity contribution in [2.24, 2.45) is 0 Å². The molecule has 1 unspecified atom stereocenters. The fraction of sp³-hybridized carbons (Fsp3) is 0.364. The van der Waals surface area contributed by atoms with Crippen LogP contribution in [0.2, 0.25) is 0 Å². The van der Waals surface area contributed by atoms with Gasteiger partial charge in [0, 0.05) is 45.5 Å². The zero-order chi connectivity index (χ0) is 23.2. The minimum absolute atomic E-state index is 0.0337. The summed E-state index contributed by atoms with van der Waals surface area (Å²) in [5.41, 5.74) is 6.28. The van der Waals surface area contributed by atoms with Crippen LogP contribution in [0.3, 0.4) is 0 Å². The van der Waals surface area contributed by atoms with Crippen LogP contribution in [0.4, 0.5) is 0 Å². The first kappa shape index (κ1) is 26.5. The summed E-state index contributed by atoms with van der Waals surface area (Å²) in [7, 11) is 3.29. The Hall–Kier alpha value is -1.79. The maximum atomic E-state index is 12.1. The lowest BCUT2D eigenvalue weighted by molar-refractivity contribution is -0.122. The summed E-state index contributed by atoms with van der Waals surface area (Å²) < 4.78 is 1.02. The van der Waals surface area contributed by atoms with Crippen molar-refractivity contribution in [3.8, 4) is 0 Å². The standard InChI is InChI=1S/C22H27IN4O3S2/c1-16(7-8-20(28)26-27-22(30)17-9-13-24-14-10-17)31-32-19-6-3-2-5-18(19)15-21(29)25-12-4-11-23/h2-3,5-6,9-10,13-14,16H,4,7-8,11-12,15H2,1H3,(H,25,29)(H,26,28)(H,27,30). The second-order valence-corrected chi connectivity index (χ2v) is 10.7. The monoisotopic (exact) mass is 586 g/mol. The van der Waals surface area contributed by atoms with Gasteiger partial charge in [-0.3, -0.25) is 30.2 Å². The summed E-state index contributed by atoms with van der Waals surface area (Å²) in [5, 5.41) is 3.16. The summed E-state index contributed by atoms with van der Waals surface area (Å²) in [6.45, 7) is 2.76. The van der Waals surface area contributed by atoms with E-state index < -0.39 is 0 Å². The second-order valence-electron chi connectivity index (χ2n) is 6.94. The molecular formula is C22H27IN4O3S2. The predicted molar refractivity (Wildman–Crippen MR) is 139 cm³/mol. The molecule has 1 atom stereocenters. The number of carbonyl (C=O) groups is 3. The molecule has 10 heteroatoms. The first-order chi connectivity index (χ1) is 15.5. The Labute approximate surface area is 210 Å². The first-order valence-corrected chi connectivity index (χ1v) is 14.0. The van der Waals surface area contributed by atoms with Crippen LogP contribution in [0.5, 0.6) is 0 Å². The lowest BCUT2D eigenvalue weighted by Crippen LogP contribution is -2.41. The third-order valence-corrected chi connectivity index (χ3v) is 8.11. The minimum Gasteiger partial charge on any atom is -0.356 e. The molecule has 2 aromatic rings. The molecule has 172 valence electrons. The maximum Gasteiger partial charge on any atom is 0.269 e. The molecule has 1 heterocycles. The molecule has 1 aromatic heterocycles. The maximum absolute atomic E-state index is 12.1. The number of nitrogens with zero attached hydrogens (tertiary/aromatic N) is 1. The van der Waals surface area contributed by atoms with E-state index in [4.69, 9.17) is 0 Å². The van der Waals surface area contributed by atoms with E-state index >= 15 is 0 Å². The Morgan fingerprint density at radius 1 is 1.06 bits per heavy atom. The van der Waals surface area contributed by atoms with Gasteiger partial charge >= 0.3 is 0 Å². The number of amides is 3. The topological polar surface area (TPSA) is 100 Å². The zero-order valence-corrected chi connectivity index (χ0v) is 21.6.